The zero-order valence-electron chi connectivity index (χ0n) is 11.2. The van der Waals surface area contributed by atoms with Crippen molar-refractivity contribution in [2.75, 3.05) is 6.54 Å². The van der Waals surface area contributed by atoms with Crippen LogP contribution < -0.4 is 0 Å². The lowest BCUT2D eigenvalue weighted by Gasteiger charge is -2.26. The largest absolute Gasteiger partial charge is 0.265 e. The van der Waals surface area contributed by atoms with Gasteiger partial charge in [-0.1, -0.05) is 39.0 Å². The summed E-state index contributed by atoms with van der Waals surface area (Å²) in [6, 6.07) is 0. The third kappa shape index (κ3) is 3.18. The van der Waals surface area contributed by atoms with Crippen LogP contribution >= 0.6 is 0 Å². The van der Waals surface area contributed by atoms with Crippen LogP contribution in [0.25, 0.3) is 0 Å². The van der Waals surface area contributed by atoms with Crippen molar-refractivity contribution in [2.24, 2.45) is 11.3 Å². The van der Waals surface area contributed by atoms with Crippen LogP contribution in [-0.4, -0.2) is 11.5 Å². The fourth-order valence-corrected chi connectivity index (χ4v) is 2.90. The minimum Gasteiger partial charge on any atom is -0.265 e. The van der Waals surface area contributed by atoms with Crippen molar-refractivity contribution in [1.82, 2.24) is 0 Å². The van der Waals surface area contributed by atoms with Gasteiger partial charge in [-0.2, -0.15) is 0 Å². The molecule has 0 bridgehead atoms. The Bertz CT molecular complexity index is 344. The highest BCUT2D eigenvalue weighted by molar-refractivity contribution is 5.36. The topological polar surface area (TPSA) is 43.1 Å². The molecule has 3 heteroatoms. The Hall–Kier alpha value is -1.12. The maximum atomic E-state index is 10.4. The summed E-state index contributed by atoms with van der Waals surface area (Å²) in [5, 5.41) is 10.4. The normalized spacial score (nSPS) is 24.5. The molecule has 0 unspecified atom stereocenters. The van der Waals surface area contributed by atoms with Crippen LogP contribution in [0.1, 0.15) is 46.5 Å². The van der Waals surface area contributed by atoms with Crippen LogP contribution in [0.15, 0.2) is 23.8 Å². The molecule has 0 aromatic heterocycles. The van der Waals surface area contributed by atoms with Gasteiger partial charge in [0, 0.05) is 11.3 Å². The third-order valence-corrected chi connectivity index (χ3v) is 3.91. The van der Waals surface area contributed by atoms with E-state index >= 15 is 0 Å². The van der Waals surface area contributed by atoms with E-state index in [1.54, 1.807) is 0 Å². The fourth-order valence-electron chi connectivity index (χ4n) is 2.90. The second-order valence-corrected chi connectivity index (χ2v) is 5.52. The van der Waals surface area contributed by atoms with Gasteiger partial charge >= 0.3 is 0 Å². The first-order chi connectivity index (χ1) is 7.90. The van der Waals surface area contributed by atoms with Gasteiger partial charge in [0.05, 0.1) is 0 Å². The van der Waals surface area contributed by atoms with E-state index in [1.165, 1.54) is 11.1 Å². The lowest BCUT2D eigenvalue weighted by molar-refractivity contribution is -0.480. The molecule has 0 N–H and O–H groups in total. The average molecular weight is 237 g/mol. The highest BCUT2D eigenvalue weighted by Gasteiger charge is 2.35. The van der Waals surface area contributed by atoms with E-state index in [0.29, 0.717) is 12.3 Å². The Morgan fingerprint density at radius 3 is 2.71 bits per heavy atom. The molecule has 17 heavy (non-hydrogen) atoms. The SMILES string of the molecule is C=CC1=C(C(C)C)CC[C@]1(C)CCC[N+](=O)[O-]. The van der Waals surface area contributed by atoms with Gasteiger partial charge < -0.3 is 0 Å². The zero-order valence-corrected chi connectivity index (χ0v) is 11.2. The molecular weight excluding hydrogens is 214 g/mol. The summed E-state index contributed by atoms with van der Waals surface area (Å²) in [4.78, 5) is 10.2. The fraction of sp³-hybridized carbons (Fsp3) is 0.714. The predicted octanol–water partition coefficient (Wildman–Crippen LogP) is 3.98. The zero-order chi connectivity index (χ0) is 13.1. The summed E-state index contributed by atoms with van der Waals surface area (Å²) in [5.41, 5.74) is 2.94. The number of rotatable bonds is 6. The van der Waals surface area contributed by atoms with E-state index in [9.17, 15) is 10.1 Å². The molecular formula is C14H23NO2. The van der Waals surface area contributed by atoms with E-state index in [4.69, 9.17) is 0 Å². The van der Waals surface area contributed by atoms with Crippen LogP contribution in [0.2, 0.25) is 0 Å². The van der Waals surface area contributed by atoms with Gasteiger partial charge in [0.1, 0.15) is 0 Å². The molecule has 0 aromatic carbocycles. The summed E-state index contributed by atoms with van der Waals surface area (Å²) < 4.78 is 0. The van der Waals surface area contributed by atoms with Crippen LogP contribution in [0.3, 0.4) is 0 Å². The molecule has 96 valence electrons. The van der Waals surface area contributed by atoms with Crippen LogP contribution in [-0.2, 0) is 0 Å². The van der Waals surface area contributed by atoms with Gasteiger partial charge in [-0.25, -0.2) is 0 Å². The number of allylic oxidation sites excluding steroid dienone is 3. The van der Waals surface area contributed by atoms with Gasteiger partial charge in [-0.05, 0) is 36.2 Å². The molecule has 1 atom stereocenters. The molecule has 0 fully saturated rings. The number of nitrogens with zero attached hydrogens (tertiary/aromatic N) is 1. The second kappa shape index (κ2) is 5.48. The minimum atomic E-state index is -0.223. The number of nitro groups is 1. The smallest absolute Gasteiger partial charge is 0.203 e. The van der Waals surface area contributed by atoms with Crippen molar-refractivity contribution in [2.45, 2.75) is 46.5 Å². The van der Waals surface area contributed by atoms with E-state index in [-0.39, 0.29) is 16.9 Å². The summed E-state index contributed by atoms with van der Waals surface area (Å²) in [7, 11) is 0. The molecule has 0 radical (unpaired) electrons. The first-order valence-corrected chi connectivity index (χ1v) is 6.38. The number of hydrogen-bond donors (Lipinski definition) is 0. The van der Waals surface area contributed by atoms with Crippen molar-refractivity contribution in [3.63, 3.8) is 0 Å². The molecule has 1 aliphatic carbocycles. The van der Waals surface area contributed by atoms with Crippen molar-refractivity contribution in [3.05, 3.63) is 33.9 Å². The van der Waals surface area contributed by atoms with E-state index < -0.39 is 0 Å². The van der Waals surface area contributed by atoms with Gasteiger partial charge in [-0.15, -0.1) is 0 Å². The summed E-state index contributed by atoms with van der Waals surface area (Å²) >= 11 is 0. The molecule has 1 rings (SSSR count). The van der Waals surface area contributed by atoms with E-state index in [2.05, 4.69) is 27.4 Å². The molecule has 0 aliphatic heterocycles. The summed E-state index contributed by atoms with van der Waals surface area (Å²) in [6.07, 6.45) is 5.75. The molecule has 0 saturated heterocycles. The maximum absolute atomic E-state index is 10.4. The first kappa shape index (κ1) is 13.9. The second-order valence-electron chi connectivity index (χ2n) is 5.52. The van der Waals surface area contributed by atoms with Crippen molar-refractivity contribution >= 4 is 0 Å². The lowest BCUT2D eigenvalue weighted by Crippen LogP contribution is -2.16. The molecule has 1 aliphatic rings. The molecule has 0 saturated carbocycles. The molecule has 0 amide bonds. The van der Waals surface area contributed by atoms with Crippen LogP contribution in [0.4, 0.5) is 0 Å². The van der Waals surface area contributed by atoms with Crippen molar-refractivity contribution < 1.29 is 4.92 Å². The monoisotopic (exact) mass is 237 g/mol. The Balaban J connectivity index is 2.76. The van der Waals surface area contributed by atoms with Crippen molar-refractivity contribution in [1.29, 1.82) is 0 Å². The first-order valence-electron chi connectivity index (χ1n) is 6.38. The Labute approximate surface area is 104 Å². The molecule has 0 spiro atoms. The highest BCUT2D eigenvalue weighted by Crippen LogP contribution is 2.48. The average Bonchev–Trinajstić information content (AvgIpc) is 2.55. The molecule has 0 heterocycles. The lowest BCUT2D eigenvalue weighted by atomic mass is 9.78. The van der Waals surface area contributed by atoms with Crippen molar-refractivity contribution in [3.8, 4) is 0 Å². The van der Waals surface area contributed by atoms with Gasteiger partial charge in [0.15, 0.2) is 0 Å². The number of hydrogen-bond acceptors (Lipinski definition) is 2. The Morgan fingerprint density at radius 2 is 2.24 bits per heavy atom. The molecule has 3 nitrogen and oxygen atoms in total. The van der Waals surface area contributed by atoms with Gasteiger partial charge in [-0.3, -0.25) is 10.1 Å². The van der Waals surface area contributed by atoms with Crippen LogP contribution in [0, 0.1) is 21.4 Å². The third-order valence-electron chi connectivity index (χ3n) is 3.91. The highest BCUT2D eigenvalue weighted by atomic mass is 16.6. The summed E-state index contributed by atoms with van der Waals surface area (Å²) in [5.74, 6) is 0.556. The summed E-state index contributed by atoms with van der Waals surface area (Å²) in [6.45, 7) is 10.6. The predicted molar refractivity (Wildman–Crippen MR) is 70.5 cm³/mol. The van der Waals surface area contributed by atoms with Crippen LogP contribution in [0.5, 0.6) is 0 Å². The Morgan fingerprint density at radius 1 is 1.59 bits per heavy atom. The Kier molecular flexibility index (Phi) is 4.49. The minimum absolute atomic E-state index is 0.0804. The van der Waals surface area contributed by atoms with E-state index in [1.807, 2.05) is 6.08 Å². The maximum Gasteiger partial charge on any atom is 0.203 e. The quantitative estimate of drug-likeness (QED) is 0.518. The van der Waals surface area contributed by atoms with Gasteiger partial charge in [0.2, 0.25) is 6.54 Å². The van der Waals surface area contributed by atoms with Gasteiger partial charge in [0.25, 0.3) is 0 Å². The standard InChI is InChI=1S/C14H23NO2/c1-5-13-12(11(2)3)7-9-14(13,4)8-6-10-15(16)17/h5,11H,1,6-10H2,2-4H3/t14-/m0/s1. The van der Waals surface area contributed by atoms with E-state index in [0.717, 1.165) is 19.3 Å². The molecule has 0 aromatic rings.